The maximum atomic E-state index is 13.1. The average Bonchev–Trinajstić information content (AvgIpc) is 3.48. The van der Waals surface area contributed by atoms with Crippen LogP contribution in [0.2, 0.25) is 0 Å². The molecule has 1 aliphatic carbocycles. The Hall–Kier alpha value is -2.18. The number of likely N-dealkylation sites (tertiary alicyclic amines) is 1. The lowest BCUT2D eigenvalue weighted by atomic mass is 9.95. The number of rotatable bonds is 5. The van der Waals surface area contributed by atoms with Crippen LogP contribution in [-0.4, -0.2) is 44.6 Å². The Balaban J connectivity index is 1.47. The summed E-state index contributed by atoms with van der Waals surface area (Å²) < 4.78 is 25.7. The van der Waals surface area contributed by atoms with Crippen LogP contribution in [0.1, 0.15) is 36.3 Å². The number of carbonyl (C=O) groups is 1. The smallest absolute Gasteiger partial charge is 0.226 e. The van der Waals surface area contributed by atoms with Gasteiger partial charge in [0.2, 0.25) is 15.9 Å². The quantitative estimate of drug-likeness (QED) is 0.819. The molecule has 3 atom stereocenters. The number of nitrogens with one attached hydrogen (secondary N) is 1. The van der Waals surface area contributed by atoms with E-state index in [0.29, 0.717) is 13.1 Å². The molecule has 2 aromatic carbocycles. The minimum Gasteiger partial charge on any atom is -0.341 e. The lowest BCUT2D eigenvalue weighted by Gasteiger charge is -2.33. The molecular weight excluding hydrogens is 384 g/mol. The van der Waals surface area contributed by atoms with E-state index in [1.165, 1.54) is 28.5 Å². The van der Waals surface area contributed by atoms with Crippen molar-refractivity contribution in [2.45, 2.75) is 38.1 Å². The van der Waals surface area contributed by atoms with E-state index in [4.69, 9.17) is 0 Å². The first kappa shape index (κ1) is 20.1. The topological polar surface area (TPSA) is 66.5 Å². The number of aryl methyl sites for hydroxylation is 1. The summed E-state index contributed by atoms with van der Waals surface area (Å²) in [6.07, 6.45) is 3.65. The number of amides is 1. The van der Waals surface area contributed by atoms with Crippen molar-refractivity contribution in [3.05, 3.63) is 59.7 Å². The standard InChI is InChI=1S/C23H28N2O3S/c1-16-9-11-17(12-10-16)19-7-3-4-8-20(19)21-14-22(21)23(26)25-13-5-6-18(15-25)24-29(2,27)28/h3-4,7-12,18,21-22,24H,5-6,13-15H2,1-2H3/t18-,21-,22+/m0/s1. The number of benzene rings is 2. The van der Waals surface area contributed by atoms with Crippen LogP contribution in [0.4, 0.5) is 0 Å². The minimum absolute atomic E-state index is 0.00131. The van der Waals surface area contributed by atoms with Crippen molar-refractivity contribution in [2.24, 2.45) is 5.92 Å². The summed E-state index contributed by atoms with van der Waals surface area (Å²) in [7, 11) is -3.26. The van der Waals surface area contributed by atoms with Gasteiger partial charge in [-0.3, -0.25) is 4.79 Å². The van der Waals surface area contributed by atoms with Crippen LogP contribution >= 0.6 is 0 Å². The zero-order chi connectivity index (χ0) is 20.6. The number of hydrogen-bond acceptors (Lipinski definition) is 3. The van der Waals surface area contributed by atoms with Crippen LogP contribution in [0.15, 0.2) is 48.5 Å². The van der Waals surface area contributed by atoms with Gasteiger partial charge in [0.25, 0.3) is 0 Å². The number of hydrogen-bond donors (Lipinski definition) is 1. The highest BCUT2D eigenvalue weighted by atomic mass is 32.2. The summed E-state index contributed by atoms with van der Waals surface area (Å²) in [5.41, 5.74) is 4.84. The number of piperidine rings is 1. The highest BCUT2D eigenvalue weighted by Gasteiger charge is 2.47. The molecular formula is C23H28N2O3S. The zero-order valence-corrected chi connectivity index (χ0v) is 17.8. The van der Waals surface area contributed by atoms with E-state index in [1.54, 1.807) is 0 Å². The molecule has 0 bridgehead atoms. The van der Waals surface area contributed by atoms with Crippen LogP contribution < -0.4 is 4.72 Å². The summed E-state index contributed by atoms with van der Waals surface area (Å²) in [5.74, 6) is 0.399. The SMILES string of the molecule is Cc1ccc(-c2ccccc2[C@@H]2C[C@H]2C(=O)N2CCC[C@H](NS(C)(=O)=O)C2)cc1. The second kappa shape index (κ2) is 7.92. The fourth-order valence-electron chi connectivity index (χ4n) is 4.44. The molecule has 1 heterocycles. The highest BCUT2D eigenvalue weighted by molar-refractivity contribution is 7.88. The Kier molecular flexibility index (Phi) is 5.49. The molecule has 2 aromatic rings. The van der Waals surface area contributed by atoms with E-state index >= 15 is 0 Å². The fraction of sp³-hybridized carbons (Fsp3) is 0.435. The van der Waals surface area contributed by atoms with Gasteiger partial charge in [0.1, 0.15) is 0 Å². The van der Waals surface area contributed by atoms with E-state index in [-0.39, 0.29) is 23.8 Å². The Labute approximate surface area is 173 Å². The van der Waals surface area contributed by atoms with Crippen molar-refractivity contribution in [1.82, 2.24) is 9.62 Å². The van der Waals surface area contributed by atoms with E-state index in [0.717, 1.165) is 19.3 Å². The fourth-order valence-corrected chi connectivity index (χ4v) is 5.24. The molecule has 0 spiro atoms. The summed E-state index contributed by atoms with van der Waals surface area (Å²) in [6, 6.07) is 16.7. The molecule has 2 aliphatic rings. The van der Waals surface area contributed by atoms with Crippen LogP contribution in [-0.2, 0) is 14.8 Å². The van der Waals surface area contributed by atoms with Gasteiger partial charge in [0.05, 0.1) is 6.26 Å². The molecule has 1 N–H and O–H groups in total. The van der Waals surface area contributed by atoms with Crippen LogP contribution in [0.3, 0.4) is 0 Å². The normalized spacial score (nSPS) is 24.3. The molecule has 4 rings (SSSR count). The van der Waals surface area contributed by atoms with Crippen LogP contribution in [0, 0.1) is 12.8 Å². The summed E-state index contributed by atoms with van der Waals surface area (Å²) >= 11 is 0. The van der Waals surface area contributed by atoms with E-state index in [2.05, 4.69) is 48.0 Å². The van der Waals surface area contributed by atoms with Gasteiger partial charge in [-0.05, 0) is 48.8 Å². The van der Waals surface area contributed by atoms with Crippen molar-refractivity contribution >= 4 is 15.9 Å². The lowest BCUT2D eigenvalue weighted by Crippen LogP contribution is -2.49. The number of nitrogens with zero attached hydrogens (tertiary/aromatic N) is 1. The van der Waals surface area contributed by atoms with Crippen molar-refractivity contribution in [3.63, 3.8) is 0 Å². The number of carbonyl (C=O) groups excluding carboxylic acids is 1. The number of sulfonamides is 1. The van der Waals surface area contributed by atoms with Gasteiger partial charge in [0, 0.05) is 25.0 Å². The predicted molar refractivity (Wildman–Crippen MR) is 115 cm³/mol. The summed E-state index contributed by atoms with van der Waals surface area (Å²) in [4.78, 5) is 14.9. The molecule has 0 unspecified atom stereocenters. The first-order valence-electron chi connectivity index (χ1n) is 10.2. The second-order valence-corrected chi connectivity index (χ2v) is 10.2. The molecule has 6 heteroatoms. The molecule has 1 aliphatic heterocycles. The summed E-state index contributed by atoms with van der Waals surface area (Å²) in [6.45, 7) is 3.26. The van der Waals surface area contributed by atoms with Gasteiger partial charge >= 0.3 is 0 Å². The van der Waals surface area contributed by atoms with Crippen molar-refractivity contribution in [1.29, 1.82) is 0 Å². The second-order valence-electron chi connectivity index (χ2n) is 8.42. The van der Waals surface area contributed by atoms with Crippen molar-refractivity contribution < 1.29 is 13.2 Å². The Morgan fingerprint density at radius 1 is 1.10 bits per heavy atom. The Morgan fingerprint density at radius 3 is 2.55 bits per heavy atom. The van der Waals surface area contributed by atoms with Gasteiger partial charge in [0.15, 0.2) is 0 Å². The maximum Gasteiger partial charge on any atom is 0.226 e. The third-order valence-corrected chi connectivity index (χ3v) is 6.71. The third-order valence-electron chi connectivity index (χ3n) is 5.94. The highest BCUT2D eigenvalue weighted by Crippen LogP contribution is 2.51. The van der Waals surface area contributed by atoms with Gasteiger partial charge in [-0.25, -0.2) is 13.1 Å². The molecule has 1 saturated heterocycles. The first-order chi connectivity index (χ1) is 13.8. The molecule has 29 heavy (non-hydrogen) atoms. The van der Waals surface area contributed by atoms with Gasteiger partial charge in [-0.2, -0.15) is 0 Å². The van der Waals surface area contributed by atoms with Crippen LogP contribution in [0.5, 0.6) is 0 Å². The lowest BCUT2D eigenvalue weighted by molar-refractivity contribution is -0.133. The monoisotopic (exact) mass is 412 g/mol. The maximum absolute atomic E-state index is 13.1. The largest absolute Gasteiger partial charge is 0.341 e. The van der Waals surface area contributed by atoms with Gasteiger partial charge < -0.3 is 4.90 Å². The third kappa shape index (κ3) is 4.70. The van der Waals surface area contributed by atoms with Crippen LogP contribution in [0.25, 0.3) is 11.1 Å². The van der Waals surface area contributed by atoms with E-state index in [1.807, 2.05) is 17.0 Å². The van der Waals surface area contributed by atoms with Crippen molar-refractivity contribution in [2.75, 3.05) is 19.3 Å². The molecule has 0 aromatic heterocycles. The first-order valence-corrected chi connectivity index (χ1v) is 12.1. The summed E-state index contributed by atoms with van der Waals surface area (Å²) in [5, 5.41) is 0. The van der Waals surface area contributed by atoms with E-state index in [9.17, 15) is 13.2 Å². The Morgan fingerprint density at radius 2 is 1.83 bits per heavy atom. The van der Waals surface area contributed by atoms with Gasteiger partial charge in [-0.15, -0.1) is 0 Å². The van der Waals surface area contributed by atoms with Crippen molar-refractivity contribution in [3.8, 4) is 11.1 Å². The molecule has 5 nitrogen and oxygen atoms in total. The molecule has 0 radical (unpaired) electrons. The molecule has 154 valence electrons. The van der Waals surface area contributed by atoms with Gasteiger partial charge in [-0.1, -0.05) is 54.1 Å². The zero-order valence-electron chi connectivity index (χ0n) is 17.0. The molecule has 1 amide bonds. The minimum atomic E-state index is -3.26. The molecule has 1 saturated carbocycles. The Bertz CT molecular complexity index is 1000. The predicted octanol–water partition coefficient (Wildman–Crippen LogP) is 3.31. The van der Waals surface area contributed by atoms with E-state index < -0.39 is 10.0 Å². The molecule has 2 fully saturated rings. The average molecular weight is 413 g/mol.